The van der Waals surface area contributed by atoms with Gasteiger partial charge in [0.1, 0.15) is 0 Å². The van der Waals surface area contributed by atoms with Crippen LogP contribution in [0.5, 0.6) is 0 Å². The Balaban J connectivity index is 0.000000653. The van der Waals surface area contributed by atoms with Gasteiger partial charge in [0, 0.05) is 43.5 Å². The lowest BCUT2D eigenvalue weighted by atomic mass is 9.76. The highest BCUT2D eigenvalue weighted by atomic mass is 16.2. The Bertz CT molecular complexity index is 1510. The number of benzene rings is 2. The first-order valence-corrected chi connectivity index (χ1v) is 15.8. The number of hydrogen-bond donors (Lipinski definition) is 2. The van der Waals surface area contributed by atoms with Crippen molar-refractivity contribution in [3.8, 4) is 0 Å². The molecule has 1 aliphatic heterocycles. The number of nitrogens with zero attached hydrogens (tertiary/aromatic N) is 3. The second-order valence-corrected chi connectivity index (χ2v) is 11.1. The van der Waals surface area contributed by atoms with Gasteiger partial charge in [-0.1, -0.05) is 68.5 Å². The summed E-state index contributed by atoms with van der Waals surface area (Å²) < 4.78 is 1.90. The minimum atomic E-state index is -0.0466. The number of piperidine rings is 1. The fraction of sp³-hybridized carbons (Fsp3) is 0.417. The molecule has 1 fully saturated rings. The number of aryl methyl sites for hydroxylation is 1. The SMILES string of the molecule is C/C=C\C.CC.O=C(CN1CCC(n2c(=O)[nH]c3ccccc32)CC1)NC1CCc2ccccc2C1Cc1cccnc1. The molecule has 7 heteroatoms. The summed E-state index contributed by atoms with van der Waals surface area (Å²) >= 11 is 0. The molecule has 0 bridgehead atoms. The molecule has 7 nitrogen and oxygen atoms in total. The summed E-state index contributed by atoms with van der Waals surface area (Å²) in [6, 6.07) is 20.8. The molecule has 0 spiro atoms. The molecule has 6 rings (SSSR count). The van der Waals surface area contributed by atoms with Crippen LogP contribution in [0.15, 0.2) is 90.0 Å². The van der Waals surface area contributed by atoms with Crippen molar-refractivity contribution in [2.45, 2.75) is 77.8 Å². The van der Waals surface area contributed by atoms with E-state index in [2.05, 4.69) is 50.5 Å². The standard InChI is InChI=1S/C30H33N5O2.C4H8.C2H6/c36-29(20-34-16-13-23(14-17-34)35-28-10-4-3-9-27(28)33-30(35)37)32-26-12-11-22-7-1-2-8-24(22)25(26)18-21-6-5-15-31-19-21;1-3-4-2;1-2/h1-10,15,19,23,25-26H,11-14,16-18,20H2,(H,32,36)(H,33,37);3-4H,1-2H3;1-2H3/b;4-3-;. The third kappa shape index (κ3) is 8.11. The van der Waals surface area contributed by atoms with Gasteiger partial charge in [-0.05, 0) is 80.8 Å². The van der Waals surface area contributed by atoms with Crippen LogP contribution in [-0.2, 0) is 17.6 Å². The predicted octanol–water partition coefficient (Wildman–Crippen LogP) is 6.43. The number of aromatic amines is 1. The maximum atomic E-state index is 13.2. The Morgan fingerprint density at radius 1 is 0.977 bits per heavy atom. The van der Waals surface area contributed by atoms with Crippen LogP contribution in [0.25, 0.3) is 11.0 Å². The Labute approximate surface area is 256 Å². The first-order chi connectivity index (χ1) is 21.1. The molecule has 1 amide bonds. The van der Waals surface area contributed by atoms with Crippen LogP contribution in [0, 0.1) is 0 Å². The maximum Gasteiger partial charge on any atom is 0.326 e. The van der Waals surface area contributed by atoms with Crippen molar-refractivity contribution in [1.29, 1.82) is 0 Å². The Kier molecular flexibility index (Phi) is 11.9. The van der Waals surface area contributed by atoms with Crippen LogP contribution >= 0.6 is 0 Å². The van der Waals surface area contributed by atoms with E-state index in [1.807, 2.05) is 80.9 Å². The lowest BCUT2D eigenvalue weighted by molar-refractivity contribution is -0.123. The number of H-pyrrole nitrogens is 1. The zero-order valence-electron chi connectivity index (χ0n) is 26.1. The van der Waals surface area contributed by atoms with E-state index in [-0.39, 0.29) is 29.6 Å². The molecule has 2 aromatic heterocycles. The van der Waals surface area contributed by atoms with E-state index in [0.717, 1.165) is 56.2 Å². The molecule has 1 saturated heterocycles. The molecule has 228 valence electrons. The number of para-hydroxylation sites is 2. The van der Waals surface area contributed by atoms with Gasteiger partial charge < -0.3 is 10.3 Å². The number of nitrogens with one attached hydrogen (secondary N) is 2. The Morgan fingerprint density at radius 3 is 2.42 bits per heavy atom. The smallest absolute Gasteiger partial charge is 0.326 e. The van der Waals surface area contributed by atoms with Crippen molar-refractivity contribution >= 4 is 16.9 Å². The molecule has 1 aliphatic carbocycles. The molecular weight excluding hydrogens is 534 g/mol. The summed E-state index contributed by atoms with van der Waals surface area (Å²) in [6.45, 7) is 10.0. The molecular formula is C36H47N5O2. The van der Waals surface area contributed by atoms with Crippen molar-refractivity contribution in [2.24, 2.45) is 0 Å². The van der Waals surface area contributed by atoms with E-state index in [0.29, 0.717) is 6.54 Å². The third-order valence-corrected chi connectivity index (χ3v) is 8.44. The van der Waals surface area contributed by atoms with Crippen LogP contribution in [0.1, 0.15) is 75.6 Å². The fourth-order valence-corrected chi connectivity index (χ4v) is 6.28. The molecule has 0 saturated carbocycles. The number of carbonyl (C=O) groups excluding carboxylic acids is 1. The molecule has 4 aromatic rings. The number of hydrogen-bond acceptors (Lipinski definition) is 4. The van der Waals surface area contributed by atoms with Gasteiger partial charge in [0.2, 0.25) is 5.91 Å². The topological polar surface area (TPSA) is 83.0 Å². The monoisotopic (exact) mass is 581 g/mol. The summed E-state index contributed by atoms with van der Waals surface area (Å²) in [5.41, 5.74) is 5.71. The second kappa shape index (κ2) is 16.0. The van der Waals surface area contributed by atoms with E-state index in [9.17, 15) is 9.59 Å². The van der Waals surface area contributed by atoms with Gasteiger partial charge in [-0.3, -0.25) is 19.2 Å². The Hall–Kier alpha value is -3.97. The van der Waals surface area contributed by atoms with Crippen LogP contribution < -0.4 is 11.0 Å². The van der Waals surface area contributed by atoms with E-state index >= 15 is 0 Å². The second-order valence-electron chi connectivity index (χ2n) is 11.1. The van der Waals surface area contributed by atoms with Crippen molar-refractivity contribution < 1.29 is 4.79 Å². The first-order valence-electron chi connectivity index (χ1n) is 15.8. The van der Waals surface area contributed by atoms with Gasteiger partial charge in [-0.15, -0.1) is 0 Å². The quantitative estimate of drug-likeness (QED) is 0.257. The van der Waals surface area contributed by atoms with Crippen molar-refractivity contribution in [3.05, 3.63) is 112 Å². The summed E-state index contributed by atoms with van der Waals surface area (Å²) in [4.78, 5) is 35.3. The number of carbonyl (C=O) groups is 1. The first kappa shape index (κ1) is 32.0. The average molecular weight is 582 g/mol. The summed E-state index contributed by atoms with van der Waals surface area (Å²) in [5, 5.41) is 3.39. The van der Waals surface area contributed by atoms with Gasteiger partial charge in [-0.2, -0.15) is 0 Å². The molecule has 2 N–H and O–H groups in total. The van der Waals surface area contributed by atoms with Crippen LogP contribution in [0.4, 0.5) is 0 Å². The van der Waals surface area contributed by atoms with E-state index < -0.39 is 0 Å². The zero-order valence-corrected chi connectivity index (χ0v) is 26.1. The highest BCUT2D eigenvalue weighted by Crippen LogP contribution is 2.34. The number of pyridine rings is 1. The number of imidazole rings is 1. The minimum Gasteiger partial charge on any atom is -0.352 e. The summed E-state index contributed by atoms with van der Waals surface area (Å²) in [6.07, 6.45) is 12.2. The number of amides is 1. The van der Waals surface area contributed by atoms with Gasteiger partial charge in [0.05, 0.1) is 17.6 Å². The highest BCUT2D eigenvalue weighted by molar-refractivity contribution is 5.78. The normalized spacial score (nSPS) is 18.7. The van der Waals surface area contributed by atoms with Crippen molar-refractivity contribution in [2.75, 3.05) is 19.6 Å². The third-order valence-electron chi connectivity index (χ3n) is 8.44. The molecule has 2 atom stereocenters. The summed E-state index contributed by atoms with van der Waals surface area (Å²) in [5.74, 6) is 0.320. The Morgan fingerprint density at radius 2 is 1.70 bits per heavy atom. The van der Waals surface area contributed by atoms with E-state index in [4.69, 9.17) is 0 Å². The number of rotatable bonds is 6. The zero-order chi connectivity index (χ0) is 30.6. The van der Waals surface area contributed by atoms with Crippen molar-refractivity contribution in [3.63, 3.8) is 0 Å². The van der Waals surface area contributed by atoms with Crippen molar-refractivity contribution in [1.82, 2.24) is 24.8 Å². The van der Waals surface area contributed by atoms with E-state index in [1.165, 1.54) is 16.7 Å². The molecule has 2 aromatic carbocycles. The average Bonchev–Trinajstić information content (AvgIpc) is 3.39. The molecule has 3 heterocycles. The molecule has 43 heavy (non-hydrogen) atoms. The molecule has 2 aliphatic rings. The molecule has 0 radical (unpaired) electrons. The van der Waals surface area contributed by atoms with Gasteiger partial charge in [0.25, 0.3) is 0 Å². The van der Waals surface area contributed by atoms with Crippen LogP contribution in [-0.4, -0.2) is 51.0 Å². The number of allylic oxidation sites excluding steroid dienone is 2. The van der Waals surface area contributed by atoms with E-state index in [1.54, 1.807) is 6.20 Å². The van der Waals surface area contributed by atoms with Gasteiger partial charge >= 0.3 is 5.69 Å². The molecule has 2 unspecified atom stereocenters. The lowest BCUT2D eigenvalue weighted by Gasteiger charge is -2.36. The lowest BCUT2D eigenvalue weighted by Crippen LogP contribution is -2.48. The highest BCUT2D eigenvalue weighted by Gasteiger charge is 2.31. The largest absolute Gasteiger partial charge is 0.352 e. The fourth-order valence-electron chi connectivity index (χ4n) is 6.28. The van der Waals surface area contributed by atoms with Crippen LogP contribution in [0.3, 0.4) is 0 Å². The summed E-state index contributed by atoms with van der Waals surface area (Å²) in [7, 11) is 0. The number of fused-ring (bicyclic) bond motifs is 2. The number of likely N-dealkylation sites (tertiary alicyclic amines) is 1. The van der Waals surface area contributed by atoms with Gasteiger partial charge in [0.15, 0.2) is 0 Å². The minimum absolute atomic E-state index is 0.0466. The van der Waals surface area contributed by atoms with Crippen LogP contribution in [0.2, 0.25) is 0 Å². The number of aromatic nitrogens is 3. The van der Waals surface area contributed by atoms with Gasteiger partial charge in [-0.25, -0.2) is 4.79 Å². The predicted molar refractivity (Wildman–Crippen MR) is 176 cm³/mol. The maximum absolute atomic E-state index is 13.2.